The zero-order valence-electron chi connectivity index (χ0n) is 8.91. The van der Waals surface area contributed by atoms with Gasteiger partial charge < -0.3 is 5.73 Å². The van der Waals surface area contributed by atoms with Crippen LogP contribution in [0.5, 0.6) is 0 Å². The van der Waals surface area contributed by atoms with Gasteiger partial charge in [-0.3, -0.25) is 4.79 Å². The Morgan fingerprint density at radius 1 is 1.00 bits per heavy atom. The minimum atomic E-state index is -4.95. The predicted molar refractivity (Wildman–Crippen MR) is 49.7 cm³/mol. The number of carbonyl (C=O) groups is 1. The van der Waals surface area contributed by atoms with Crippen molar-refractivity contribution in [1.29, 1.82) is 0 Å². The van der Waals surface area contributed by atoms with Gasteiger partial charge in [-0.25, -0.2) is 0 Å². The summed E-state index contributed by atoms with van der Waals surface area (Å²) in [6.45, 7) is 0.776. The maximum atomic E-state index is 12.5. The normalized spacial score (nSPS) is 12.6. The number of rotatable bonds is 1. The van der Waals surface area contributed by atoms with E-state index in [1.54, 1.807) is 0 Å². The van der Waals surface area contributed by atoms with E-state index < -0.39 is 40.5 Å². The standard InChI is InChI=1S/C10H7F6NO/c1-4-5(9(11,12)13)2-3-6(10(14,15)16)7(4)8(17)18/h2-3H,1H3,(H2,17,18). The van der Waals surface area contributed by atoms with Crippen LogP contribution in [0, 0.1) is 6.92 Å². The van der Waals surface area contributed by atoms with Gasteiger partial charge in [0, 0.05) is 0 Å². The molecule has 0 unspecified atom stereocenters. The van der Waals surface area contributed by atoms with Crippen molar-refractivity contribution in [3.8, 4) is 0 Å². The Morgan fingerprint density at radius 3 is 1.72 bits per heavy atom. The van der Waals surface area contributed by atoms with Crippen molar-refractivity contribution in [1.82, 2.24) is 0 Å². The minimum absolute atomic E-state index is 0.204. The third kappa shape index (κ3) is 2.57. The first-order valence-corrected chi connectivity index (χ1v) is 4.54. The largest absolute Gasteiger partial charge is 0.417 e. The molecule has 1 aromatic carbocycles. The summed E-state index contributed by atoms with van der Waals surface area (Å²) in [5.41, 5.74) is -0.0534. The quantitative estimate of drug-likeness (QED) is 0.783. The predicted octanol–water partition coefficient (Wildman–Crippen LogP) is 3.13. The molecular weight excluding hydrogens is 264 g/mol. The second-order valence-corrected chi connectivity index (χ2v) is 3.52. The van der Waals surface area contributed by atoms with Crippen molar-refractivity contribution in [2.24, 2.45) is 5.73 Å². The Balaban J connectivity index is 3.64. The Bertz CT molecular complexity index is 488. The Labute approximate surface area is 97.4 Å². The fraction of sp³-hybridized carbons (Fsp3) is 0.300. The van der Waals surface area contributed by atoms with Crippen molar-refractivity contribution in [2.45, 2.75) is 19.3 Å². The fourth-order valence-electron chi connectivity index (χ4n) is 1.57. The van der Waals surface area contributed by atoms with Crippen LogP contribution in [0.4, 0.5) is 26.3 Å². The van der Waals surface area contributed by atoms with Gasteiger partial charge in [0.2, 0.25) is 5.91 Å². The third-order valence-electron chi connectivity index (χ3n) is 2.32. The van der Waals surface area contributed by atoms with Crippen LogP contribution in [-0.2, 0) is 12.4 Å². The molecule has 0 radical (unpaired) electrons. The number of carbonyl (C=O) groups excluding carboxylic acids is 1. The lowest BCUT2D eigenvalue weighted by molar-refractivity contribution is -0.142. The lowest BCUT2D eigenvalue weighted by Gasteiger charge is -2.17. The van der Waals surface area contributed by atoms with E-state index in [1.807, 2.05) is 0 Å². The number of nitrogens with two attached hydrogens (primary N) is 1. The van der Waals surface area contributed by atoms with Crippen molar-refractivity contribution in [3.63, 3.8) is 0 Å². The van der Waals surface area contributed by atoms with Gasteiger partial charge in [-0.2, -0.15) is 26.3 Å². The summed E-state index contributed by atoms with van der Waals surface area (Å²) in [6.07, 6.45) is -9.79. The van der Waals surface area contributed by atoms with Crippen LogP contribution < -0.4 is 5.73 Å². The fourth-order valence-corrected chi connectivity index (χ4v) is 1.57. The van der Waals surface area contributed by atoms with E-state index in [1.165, 1.54) is 0 Å². The highest BCUT2D eigenvalue weighted by Gasteiger charge is 2.40. The monoisotopic (exact) mass is 271 g/mol. The van der Waals surface area contributed by atoms with Crippen molar-refractivity contribution in [3.05, 3.63) is 34.4 Å². The number of hydrogen-bond acceptors (Lipinski definition) is 1. The lowest BCUT2D eigenvalue weighted by atomic mass is 9.95. The molecule has 2 N–H and O–H groups in total. The number of alkyl halides is 6. The topological polar surface area (TPSA) is 43.1 Å². The van der Waals surface area contributed by atoms with Crippen LogP contribution in [0.1, 0.15) is 27.0 Å². The Kier molecular flexibility index (Phi) is 3.33. The zero-order chi connectivity index (χ0) is 14.3. The first-order valence-electron chi connectivity index (χ1n) is 4.54. The van der Waals surface area contributed by atoms with Gasteiger partial charge in [-0.1, -0.05) is 0 Å². The van der Waals surface area contributed by atoms with Crippen LogP contribution >= 0.6 is 0 Å². The van der Waals surface area contributed by atoms with E-state index in [-0.39, 0.29) is 12.1 Å². The molecule has 0 spiro atoms. The van der Waals surface area contributed by atoms with Gasteiger partial charge in [0.25, 0.3) is 0 Å². The molecular formula is C10H7F6NO. The first kappa shape index (κ1) is 14.3. The van der Waals surface area contributed by atoms with Crippen LogP contribution in [0.2, 0.25) is 0 Å². The molecule has 2 nitrogen and oxygen atoms in total. The molecule has 0 bridgehead atoms. The summed E-state index contributed by atoms with van der Waals surface area (Å²) in [4.78, 5) is 10.9. The van der Waals surface area contributed by atoms with Crippen LogP contribution in [0.3, 0.4) is 0 Å². The van der Waals surface area contributed by atoms with E-state index >= 15 is 0 Å². The molecule has 8 heteroatoms. The molecule has 0 aromatic heterocycles. The molecule has 1 rings (SSSR count). The van der Waals surface area contributed by atoms with Crippen LogP contribution in [0.15, 0.2) is 12.1 Å². The van der Waals surface area contributed by atoms with Crippen LogP contribution in [-0.4, -0.2) is 5.91 Å². The highest BCUT2D eigenvalue weighted by Crippen LogP contribution is 2.38. The van der Waals surface area contributed by atoms with E-state index in [0.29, 0.717) is 0 Å². The lowest BCUT2D eigenvalue weighted by Crippen LogP contribution is -2.22. The average molecular weight is 271 g/mol. The third-order valence-corrected chi connectivity index (χ3v) is 2.32. The summed E-state index contributed by atoms with van der Waals surface area (Å²) in [5, 5.41) is 0. The highest BCUT2D eigenvalue weighted by atomic mass is 19.4. The summed E-state index contributed by atoms with van der Waals surface area (Å²) in [7, 11) is 0. The molecule has 1 aromatic rings. The molecule has 0 aliphatic rings. The minimum Gasteiger partial charge on any atom is -0.366 e. The van der Waals surface area contributed by atoms with Gasteiger partial charge in [-0.05, 0) is 24.6 Å². The van der Waals surface area contributed by atoms with Gasteiger partial charge in [0.15, 0.2) is 0 Å². The van der Waals surface area contributed by atoms with Gasteiger partial charge in [0.05, 0.1) is 16.7 Å². The Hall–Kier alpha value is -1.73. The molecule has 1 amide bonds. The molecule has 0 aliphatic heterocycles. The second-order valence-electron chi connectivity index (χ2n) is 3.52. The molecule has 0 aliphatic carbocycles. The van der Waals surface area contributed by atoms with E-state index in [9.17, 15) is 31.1 Å². The molecule has 0 fully saturated rings. The van der Waals surface area contributed by atoms with E-state index in [4.69, 9.17) is 5.73 Å². The zero-order valence-corrected chi connectivity index (χ0v) is 8.91. The maximum absolute atomic E-state index is 12.5. The van der Waals surface area contributed by atoms with E-state index in [2.05, 4.69) is 0 Å². The molecule has 0 saturated carbocycles. The molecule has 100 valence electrons. The van der Waals surface area contributed by atoms with Crippen LogP contribution in [0.25, 0.3) is 0 Å². The number of halogens is 6. The van der Waals surface area contributed by atoms with Crippen molar-refractivity contribution in [2.75, 3.05) is 0 Å². The summed E-state index contributed by atoms with van der Waals surface area (Å²) < 4.78 is 75.0. The number of primary amides is 1. The number of hydrogen-bond donors (Lipinski definition) is 1. The second kappa shape index (κ2) is 4.18. The summed E-state index contributed by atoms with van der Waals surface area (Å²) in [5.74, 6) is -1.55. The number of benzene rings is 1. The number of amides is 1. The summed E-state index contributed by atoms with van der Waals surface area (Å²) >= 11 is 0. The average Bonchev–Trinajstić information content (AvgIpc) is 2.12. The SMILES string of the molecule is Cc1c(C(F)(F)F)ccc(C(F)(F)F)c1C(N)=O. The van der Waals surface area contributed by atoms with Gasteiger partial charge >= 0.3 is 12.4 Å². The van der Waals surface area contributed by atoms with Gasteiger partial charge in [-0.15, -0.1) is 0 Å². The molecule has 0 saturated heterocycles. The van der Waals surface area contributed by atoms with E-state index in [0.717, 1.165) is 6.92 Å². The van der Waals surface area contributed by atoms with Crippen molar-refractivity contribution < 1.29 is 31.1 Å². The smallest absolute Gasteiger partial charge is 0.366 e. The molecule has 18 heavy (non-hydrogen) atoms. The van der Waals surface area contributed by atoms with Gasteiger partial charge in [0.1, 0.15) is 0 Å². The maximum Gasteiger partial charge on any atom is 0.417 e. The molecule has 0 heterocycles. The molecule has 0 atom stereocenters. The van der Waals surface area contributed by atoms with Crippen molar-refractivity contribution >= 4 is 5.91 Å². The Morgan fingerprint density at radius 2 is 1.39 bits per heavy atom. The summed E-state index contributed by atoms with van der Waals surface area (Å²) in [6, 6.07) is 0.487. The highest BCUT2D eigenvalue weighted by molar-refractivity contribution is 5.96. The first-order chi connectivity index (χ1) is 7.96.